The zero-order valence-corrected chi connectivity index (χ0v) is 38.5. The van der Waals surface area contributed by atoms with E-state index in [2.05, 4.69) is 57.2 Å². The number of aliphatic imine (C=N–C) groups is 1. The molecule has 7 aromatic rings. The zero-order chi connectivity index (χ0) is 48.0. The van der Waals surface area contributed by atoms with Crippen LogP contribution in [0.1, 0.15) is 61.7 Å². The minimum atomic E-state index is -0.791. The molecule has 19 heteroatoms. The van der Waals surface area contributed by atoms with Crippen LogP contribution in [0.15, 0.2) is 102 Å². The van der Waals surface area contributed by atoms with Gasteiger partial charge in [-0.15, -0.1) is 0 Å². The lowest BCUT2D eigenvalue weighted by atomic mass is 9.85. The van der Waals surface area contributed by atoms with Crippen molar-refractivity contribution in [1.82, 2.24) is 34.9 Å². The number of carbonyl (C=O) groups is 2. The number of allylic oxidation sites excluding steroid dienone is 1. The number of benzene rings is 3. The summed E-state index contributed by atoms with van der Waals surface area (Å²) in [5, 5.41) is 22.5. The van der Waals surface area contributed by atoms with E-state index in [4.69, 9.17) is 25.2 Å². The molecule has 0 aliphatic heterocycles. The maximum atomic E-state index is 13.7. The highest BCUT2D eigenvalue weighted by Crippen LogP contribution is 2.31. The van der Waals surface area contributed by atoms with Gasteiger partial charge in [0.15, 0.2) is 16.9 Å². The Morgan fingerprint density at radius 3 is 2.22 bits per heavy atom. The molecule has 67 heavy (non-hydrogen) atoms. The largest absolute Gasteiger partial charge is 0.467 e. The molecular formula is C48H50N15O4+. The van der Waals surface area contributed by atoms with Crippen LogP contribution in [0.3, 0.4) is 0 Å². The number of nitrogens with zero attached hydrogens (tertiary/aromatic N) is 10. The molecule has 0 saturated carbocycles. The highest BCUT2D eigenvalue weighted by atomic mass is 16.5. The number of rotatable bonds is 14. The second kappa shape index (κ2) is 19.2. The predicted molar refractivity (Wildman–Crippen MR) is 256 cm³/mol. The number of fused-ring (bicyclic) bond motifs is 2. The minimum absolute atomic E-state index is 0.124. The quantitative estimate of drug-likeness (QED) is 0.0552. The number of nitrogens with one attached hydrogen (secondary N) is 4. The molecule has 2 amide bonds. The zero-order valence-electron chi connectivity index (χ0n) is 38.5. The summed E-state index contributed by atoms with van der Waals surface area (Å²) in [5.41, 5.74) is 12.7. The van der Waals surface area contributed by atoms with Crippen molar-refractivity contribution in [3.05, 3.63) is 120 Å². The van der Waals surface area contributed by atoms with Gasteiger partial charge in [0, 0.05) is 52.0 Å². The summed E-state index contributed by atoms with van der Waals surface area (Å²) in [6, 6.07) is 20.4. The summed E-state index contributed by atoms with van der Waals surface area (Å²) in [5.74, 6) is -0.0172. The molecule has 0 aliphatic rings. The van der Waals surface area contributed by atoms with Gasteiger partial charge in [-0.25, -0.2) is 19.5 Å². The third-order valence-corrected chi connectivity index (χ3v) is 10.8. The van der Waals surface area contributed by atoms with Crippen molar-refractivity contribution >= 4 is 74.0 Å². The van der Waals surface area contributed by atoms with Crippen LogP contribution in [-0.2, 0) is 16.8 Å². The number of hydrogen-bond donors (Lipinski definition) is 5. The first-order valence-corrected chi connectivity index (χ1v) is 21.0. The molecule has 0 atom stereocenters. The molecule has 0 aliphatic carbocycles. The first-order chi connectivity index (χ1) is 32.0. The van der Waals surface area contributed by atoms with Crippen LogP contribution in [0.4, 0.5) is 34.4 Å². The summed E-state index contributed by atoms with van der Waals surface area (Å²) < 4.78 is 12.6. The molecule has 0 saturated heterocycles. The summed E-state index contributed by atoms with van der Waals surface area (Å²) in [6.45, 7) is 11.6. The van der Waals surface area contributed by atoms with E-state index in [1.165, 1.54) is 20.5 Å². The topological polar surface area (TPSA) is 257 Å². The normalized spacial score (nSPS) is 12.1. The number of nitrogens with two attached hydrogens (primary N) is 1. The van der Waals surface area contributed by atoms with E-state index >= 15 is 0 Å². The van der Waals surface area contributed by atoms with Gasteiger partial charge >= 0.3 is 12.0 Å². The van der Waals surface area contributed by atoms with E-state index in [9.17, 15) is 14.9 Å². The number of ether oxygens (including phenoxy) is 2. The van der Waals surface area contributed by atoms with Crippen molar-refractivity contribution in [1.29, 1.82) is 5.26 Å². The Morgan fingerprint density at radius 1 is 0.836 bits per heavy atom. The average Bonchev–Trinajstić information content (AvgIpc) is 3.32. The third kappa shape index (κ3) is 10.5. The minimum Gasteiger partial charge on any atom is -0.467 e. The average molecular weight is 901 g/mol. The van der Waals surface area contributed by atoms with Gasteiger partial charge in [-0.05, 0) is 79.4 Å². The lowest BCUT2D eigenvalue weighted by molar-refractivity contribution is -0.665. The van der Waals surface area contributed by atoms with E-state index in [-0.39, 0.29) is 35.6 Å². The Labute approximate surface area is 386 Å². The number of anilines is 6. The number of aryl methyl sites for hydroxylation is 1. The van der Waals surface area contributed by atoms with Gasteiger partial charge in [0.05, 0.1) is 38.1 Å². The summed E-state index contributed by atoms with van der Waals surface area (Å²) in [4.78, 5) is 62.7. The first-order valence-electron chi connectivity index (χ1n) is 21.0. The number of amides is 2. The Bertz CT molecular complexity index is 3160. The van der Waals surface area contributed by atoms with E-state index in [1.807, 2.05) is 50.5 Å². The summed E-state index contributed by atoms with van der Waals surface area (Å²) >= 11 is 0. The van der Waals surface area contributed by atoms with E-state index < -0.39 is 11.3 Å². The summed E-state index contributed by atoms with van der Waals surface area (Å²) in [6.07, 6.45) is 7.82. The predicted octanol–water partition coefficient (Wildman–Crippen LogP) is 6.86. The van der Waals surface area contributed by atoms with Crippen molar-refractivity contribution in [3.63, 3.8) is 0 Å². The van der Waals surface area contributed by atoms with Gasteiger partial charge in [0.1, 0.15) is 29.6 Å². The molecule has 340 valence electrons. The molecule has 0 unspecified atom stereocenters. The summed E-state index contributed by atoms with van der Waals surface area (Å²) in [7, 11) is 4.49. The van der Waals surface area contributed by atoms with Gasteiger partial charge in [0.25, 0.3) is 24.0 Å². The van der Waals surface area contributed by atoms with Crippen molar-refractivity contribution in [3.8, 4) is 18.1 Å². The van der Waals surface area contributed by atoms with Gasteiger partial charge in [-0.3, -0.25) is 14.6 Å². The molecule has 3 aromatic carbocycles. The van der Waals surface area contributed by atoms with Crippen molar-refractivity contribution in [2.45, 2.75) is 53.5 Å². The van der Waals surface area contributed by atoms with Crippen molar-refractivity contribution < 1.29 is 23.6 Å². The van der Waals surface area contributed by atoms with E-state index in [0.29, 0.717) is 73.3 Å². The number of hydrogen-bond acceptors (Lipinski definition) is 16. The van der Waals surface area contributed by atoms with Gasteiger partial charge in [-0.2, -0.15) is 20.2 Å². The second-order valence-corrected chi connectivity index (χ2v) is 17.0. The van der Waals surface area contributed by atoms with Crippen LogP contribution in [0.2, 0.25) is 0 Å². The molecular weight excluding hydrogens is 851 g/mol. The maximum absolute atomic E-state index is 13.7. The number of aromatic nitrogens is 8. The third-order valence-electron chi connectivity index (χ3n) is 10.8. The Balaban J connectivity index is 1.24. The maximum Gasteiger partial charge on any atom is 0.317 e. The monoisotopic (exact) mass is 900 g/mol. The standard InChI is InChI=1S/C48H49N15O4/c1-27-13-15-31(58-44(65)35(51-7)20-38(50)47(2,3)4)18-33(27)59-42-40-37(22-53-46(62-40)67-9)63(26-56-42)23-29-14-16-32(57-43(64)28-11-10-12-30(17-28)48(5,6)24-49)19-34(29)60-41-39-36(54-25-55-41)21-52-45(61-39)66-8/h10-22,25-26H,23H2,1-9H3,(H5,50,51,54,55,57,58,60,64,65)/p+1. The highest BCUT2D eigenvalue weighted by Gasteiger charge is 2.24. The fourth-order valence-electron chi connectivity index (χ4n) is 6.63. The molecule has 0 spiro atoms. The Kier molecular flexibility index (Phi) is 13.3. The Morgan fingerprint density at radius 2 is 1.51 bits per heavy atom. The lowest BCUT2D eigenvalue weighted by Gasteiger charge is -2.19. The fraction of sp³-hybridized carbons (Fsp3) is 0.250. The molecule has 0 radical (unpaired) electrons. The van der Waals surface area contributed by atoms with Gasteiger partial charge in [-0.1, -0.05) is 45.0 Å². The van der Waals surface area contributed by atoms with Crippen LogP contribution in [0.25, 0.3) is 22.1 Å². The fourth-order valence-corrected chi connectivity index (χ4v) is 6.63. The van der Waals surface area contributed by atoms with Crippen LogP contribution in [0.5, 0.6) is 12.0 Å². The molecule has 0 bridgehead atoms. The molecule has 4 aromatic heterocycles. The van der Waals surface area contributed by atoms with Gasteiger partial charge < -0.3 is 36.5 Å². The number of carbonyl (C=O) groups excluding carboxylic acids is 2. The SMILES string of the molecule is CN=C(C=C(N)C(C)(C)C)C(=O)Nc1ccc(C)c(Nc2nc[n+](Cc3ccc(NC(=O)c4cccc(C(C)(C)C#N)c4)cc3Nc3ncnc4cnc(OC)nc34)c3cnc(OC)nc23)c1. The molecule has 4 heterocycles. The van der Waals surface area contributed by atoms with E-state index in [1.54, 1.807) is 88.2 Å². The van der Waals surface area contributed by atoms with Gasteiger partial charge in [0.2, 0.25) is 0 Å². The molecule has 6 N–H and O–H groups in total. The number of methoxy groups -OCH3 is 2. The smallest absolute Gasteiger partial charge is 0.317 e. The van der Waals surface area contributed by atoms with Crippen LogP contribution in [0, 0.1) is 23.7 Å². The van der Waals surface area contributed by atoms with Crippen LogP contribution < -0.4 is 41.0 Å². The second-order valence-electron chi connectivity index (χ2n) is 17.0. The molecule has 19 nitrogen and oxygen atoms in total. The lowest BCUT2D eigenvalue weighted by Crippen LogP contribution is -2.36. The highest BCUT2D eigenvalue weighted by molar-refractivity contribution is 6.47. The van der Waals surface area contributed by atoms with Crippen LogP contribution in [-0.4, -0.2) is 73.7 Å². The van der Waals surface area contributed by atoms with E-state index in [0.717, 1.165) is 11.1 Å². The Hall–Kier alpha value is -8.66. The first kappa shape index (κ1) is 46.3. The molecule has 7 rings (SSSR count). The number of nitriles is 1. The van der Waals surface area contributed by atoms with Crippen molar-refractivity contribution in [2.75, 3.05) is 42.5 Å². The van der Waals surface area contributed by atoms with Crippen molar-refractivity contribution in [2.24, 2.45) is 16.1 Å². The molecule has 0 fully saturated rings. The van der Waals surface area contributed by atoms with Crippen LogP contribution >= 0.6 is 0 Å².